The van der Waals surface area contributed by atoms with E-state index in [2.05, 4.69) is 15.7 Å². The van der Waals surface area contributed by atoms with Crippen LogP contribution in [0.15, 0.2) is 59.7 Å². The normalized spacial score (nSPS) is 11.7. The number of nitrogens with zero attached hydrogens (tertiary/aromatic N) is 3. The SMILES string of the molecule is Cc1c([C@H](C)NC(=O)Cn2cccc(C(=O)NCc3ccccc3)c2=O)cnn1C. The predicted octanol–water partition coefficient (Wildman–Crippen LogP) is 1.70. The summed E-state index contributed by atoms with van der Waals surface area (Å²) in [6, 6.07) is 12.2. The molecule has 3 rings (SSSR count). The van der Waals surface area contributed by atoms with Crippen LogP contribution in [-0.4, -0.2) is 26.2 Å². The molecule has 2 N–H and O–H groups in total. The Kier molecular flexibility index (Phi) is 6.46. The third-order valence-electron chi connectivity index (χ3n) is 4.99. The van der Waals surface area contributed by atoms with Crippen LogP contribution >= 0.6 is 0 Å². The molecule has 1 aromatic carbocycles. The molecule has 1 atom stereocenters. The van der Waals surface area contributed by atoms with E-state index in [-0.39, 0.29) is 24.1 Å². The van der Waals surface area contributed by atoms with Crippen molar-refractivity contribution >= 4 is 11.8 Å². The highest BCUT2D eigenvalue weighted by Crippen LogP contribution is 2.15. The van der Waals surface area contributed by atoms with Crippen molar-refractivity contribution in [1.29, 1.82) is 0 Å². The van der Waals surface area contributed by atoms with Crippen molar-refractivity contribution < 1.29 is 9.59 Å². The first kappa shape index (κ1) is 21.0. The highest BCUT2D eigenvalue weighted by molar-refractivity contribution is 5.93. The molecule has 0 radical (unpaired) electrons. The van der Waals surface area contributed by atoms with Crippen LogP contribution in [0.1, 0.15) is 40.1 Å². The summed E-state index contributed by atoms with van der Waals surface area (Å²) in [7, 11) is 1.83. The maximum Gasteiger partial charge on any atom is 0.263 e. The maximum atomic E-state index is 12.7. The number of hydrogen-bond acceptors (Lipinski definition) is 4. The topological polar surface area (TPSA) is 98.0 Å². The van der Waals surface area contributed by atoms with Crippen molar-refractivity contribution in [2.24, 2.45) is 7.05 Å². The molecule has 2 aromatic heterocycles. The van der Waals surface area contributed by atoms with Crippen molar-refractivity contribution in [3.8, 4) is 0 Å². The Labute approximate surface area is 174 Å². The van der Waals surface area contributed by atoms with Crippen LogP contribution in [-0.2, 0) is 24.9 Å². The number of carbonyl (C=O) groups excluding carboxylic acids is 2. The van der Waals surface area contributed by atoms with Gasteiger partial charge in [0, 0.05) is 31.0 Å². The number of rotatable bonds is 7. The Bertz CT molecular complexity index is 1100. The Hall–Kier alpha value is -3.68. The van der Waals surface area contributed by atoms with Gasteiger partial charge in [-0.25, -0.2) is 0 Å². The molecule has 2 amide bonds. The van der Waals surface area contributed by atoms with Crippen molar-refractivity contribution in [1.82, 2.24) is 25.0 Å². The molecule has 8 nitrogen and oxygen atoms in total. The van der Waals surface area contributed by atoms with Gasteiger partial charge in [0.1, 0.15) is 12.1 Å². The molecule has 156 valence electrons. The van der Waals surface area contributed by atoms with E-state index in [9.17, 15) is 14.4 Å². The fourth-order valence-corrected chi connectivity index (χ4v) is 3.17. The molecule has 0 bridgehead atoms. The summed E-state index contributed by atoms with van der Waals surface area (Å²) in [5.41, 5.74) is 2.28. The lowest BCUT2D eigenvalue weighted by Gasteiger charge is -2.15. The zero-order valence-electron chi connectivity index (χ0n) is 17.3. The molecule has 30 heavy (non-hydrogen) atoms. The van der Waals surface area contributed by atoms with Crippen LogP contribution in [0.2, 0.25) is 0 Å². The summed E-state index contributed by atoms with van der Waals surface area (Å²) >= 11 is 0. The minimum absolute atomic E-state index is 0.00242. The smallest absolute Gasteiger partial charge is 0.263 e. The van der Waals surface area contributed by atoms with E-state index in [0.717, 1.165) is 16.8 Å². The van der Waals surface area contributed by atoms with Gasteiger partial charge in [-0.15, -0.1) is 0 Å². The standard InChI is InChI=1S/C22H25N5O3/c1-15(19-13-24-26(3)16(19)2)25-20(28)14-27-11-7-10-18(22(27)30)21(29)23-12-17-8-5-4-6-9-17/h4-11,13,15H,12,14H2,1-3H3,(H,23,29)(H,25,28)/t15-/m0/s1. The van der Waals surface area contributed by atoms with Gasteiger partial charge in [-0.2, -0.15) is 5.10 Å². The summed E-state index contributed by atoms with van der Waals surface area (Å²) in [5, 5.41) is 9.78. The van der Waals surface area contributed by atoms with Gasteiger partial charge in [0.05, 0.1) is 12.2 Å². The zero-order chi connectivity index (χ0) is 21.7. The van der Waals surface area contributed by atoms with E-state index in [0.29, 0.717) is 6.54 Å². The van der Waals surface area contributed by atoms with E-state index in [1.807, 2.05) is 51.2 Å². The second-order valence-electron chi connectivity index (χ2n) is 7.12. The van der Waals surface area contributed by atoms with E-state index >= 15 is 0 Å². The zero-order valence-corrected chi connectivity index (χ0v) is 17.3. The molecular formula is C22H25N5O3. The molecule has 3 aromatic rings. The minimum Gasteiger partial charge on any atom is -0.348 e. The monoisotopic (exact) mass is 407 g/mol. The second kappa shape index (κ2) is 9.21. The largest absolute Gasteiger partial charge is 0.348 e. The van der Waals surface area contributed by atoms with Gasteiger partial charge < -0.3 is 15.2 Å². The number of amides is 2. The van der Waals surface area contributed by atoms with Crippen LogP contribution in [0.5, 0.6) is 0 Å². The van der Waals surface area contributed by atoms with Gasteiger partial charge in [0.15, 0.2) is 0 Å². The summed E-state index contributed by atoms with van der Waals surface area (Å²) in [4.78, 5) is 37.6. The summed E-state index contributed by atoms with van der Waals surface area (Å²) in [6.45, 7) is 3.92. The average molecular weight is 407 g/mol. The third kappa shape index (κ3) is 4.83. The van der Waals surface area contributed by atoms with Crippen molar-refractivity contribution in [3.05, 3.63) is 87.6 Å². The van der Waals surface area contributed by atoms with Gasteiger partial charge in [0.2, 0.25) is 5.91 Å². The number of pyridine rings is 1. The number of aromatic nitrogens is 3. The van der Waals surface area contributed by atoms with E-state index in [1.165, 1.54) is 16.8 Å². The molecule has 0 spiro atoms. The minimum atomic E-state index is -0.511. The van der Waals surface area contributed by atoms with E-state index < -0.39 is 11.5 Å². The van der Waals surface area contributed by atoms with Crippen LogP contribution in [0.25, 0.3) is 0 Å². The van der Waals surface area contributed by atoms with Gasteiger partial charge in [0.25, 0.3) is 11.5 Å². The fraction of sp³-hybridized carbons (Fsp3) is 0.273. The first-order valence-corrected chi connectivity index (χ1v) is 9.66. The quantitative estimate of drug-likeness (QED) is 0.623. The molecule has 0 aliphatic rings. The average Bonchev–Trinajstić information content (AvgIpc) is 3.07. The van der Waals surface area contributed by atoms with E-state index in [4.69, 9.17) is 0 Å². The van der Waals surface area contributed by atoms with Crippen molar-refractivity contribution in [2.45, 2.75) is 33.0 Å². The third-order valence-corrected chi connectivity index (χ3v) is 4.99. The van der Waals surface area contributed by atoms with Crippen LogP contribution in [0, 0.1) is 6.92 Å². The highest BCUT2D eigenvalue weighted by Gasteiger charge is 2.17. The Balaban J connectivity index is 1.65. The number of benzene rings is 1. The van der Waals surface area contributed by atoms with Gasteiger partial charge in [-0.1, -0.05) is 30.3 Å². The highest BCUT2D eigenvalue weighted by atomic mass is 16.2. The number of hydrogen-bond donors (Lipinski definition) is 2. The Morgan fingerprint density at radius 3 is 2.53 bits per heavy atom. The van der Waals surface area contributed by atoms with Crippen LogP contribution in [0.4, 0.5) is 0 Å². The number of nitrogens with one attached hydrogen (secondary N) is 2. The molecule has 8 heteroatoms. The van der Waals surface area contributed by atoms with E-state index in [1.54, 1.807) is 16.9 Å². The van der Waals surface area contributed by atoms with Crippen LogP contribution < -0.4 is 16.2 Å². The molecular weight excluding hydrogens is 382 g/mol. The Morgan fingerprint density at radius 2 is 1.87 bits per heavy atom. The molecule has 0 aliphatic heterocycles. The lowest BCUT2D eigenvalue weighted by molar-refractivity contribution is -0.122. The predicted molar refractivity (Wildman–Crippen MR) is 113 cm³/mol. The van der Waals surface area contributed by atoms with Gasteiger partial charge in [-0.05, 0) is 31.5 Å². The maximum absolute atomic E-state index is 12.7. The van der Waals surface area contributed by atoms with Crippen molar-refractivity contribution in [2.75, 3.05) is 0 Å². The Morgan fingerprint density at radius 1 is 1.13 bits per heavy atom. The molecule has 0 unspecified atom stereocenters. The molecule has 0 saturated heterocycles. The summed E-state index contributed by atoms with van der Waals surface area (Å²) in [5.74, 6) is -0.798. The summed E-state index contributed by atoms with van der Waals surface area (Å²) < 4.78 is 2.97. The molecule has 0 saturated carbocycles. The lowest BCUT2D eigenvalue weighted by atomic mass is 10.1. The second-order valence-corrected chi connectivity index (χ2v) is 7.12. The first-order chi connectivity index (χ1) is 14.4. The molecule has 0 fully saturated rings. The van der Waals surface area contributed by atoms with Crippen molar-refractivity contribution in [3.63, 3.8) is 0 Å². The fourth-order valence-electron chi connectivity index (χ4n) is 3.17. The summed E-state index contributed by atoms with van der Waals surface area (Å²) in [6.07, 6.45) is 3.21. The number of carbonyl (C=O) groups is 2. The lowest BCUT2D eigenvalue weighted by Crippen LogP contribution is -2.37. The number of aryl methyl sites for hydroxylation is 1. The van der Waals surface area contributed by atoms with Gasteiger partial charge >= 0.3 is 0 Å². The molecule has 0 aliphatic carbocycles. The molecule has 2 heterocycles. The first-order valence-electron chi connectivity index (χ1n) is 9.66. The van der Waals surface area contributed by atoms with Gasteiger partial charge in [-0.3, -0.25) is 19.1 Å². The van der Waals surface area contributed by atoms with Crippen LogP contribution in [0.3, 0.4) is 0 Å².